The normalized spacial score (nSPS) is 15.6. The summed E-state index contributed by atoms with van der Waals surface area (Å²) in [6.07, 6.45) is 4.14. The van der Waals surface area contributed by atoms with E-state index in [0.717, 1.165) is 38.8 Å². The lowest BCUT2D eigenvalue weighted by molar-refractivity contribution is -0.144. The lowest BCUT2D eigenvalue weighted by atomic mass is 10.1. The van der Waals surface area contributed by atoms with Gasteiger partial charge in [-0.05, 0) is 26.7 Å². The largest absolute Gasteiger partial charge is 0.463 e. The summed E-state index contributed by atoms with van der Waals surface area (Å²) in [7, 11) is 0. The average Bonchev–Trinajstić information content (AvgIpc) is 2.57. The predicted octanol–water partition coefficient (Wildman–Crippen LogP) is 2.54. The van der Waals surface area contributed by atoms with Crippen LogP contribution in [0.3, 0.4) is 0 Å². The van der Waals surface area contributed by atoms with Crippen molar-refractivity contribution in [3.63, 3.8) is 0 Å². The maximum atomic E-state index is 12.5. The van der Waals surface area contributed by atoms with Crippen LogP contribution < -0.4 is 0 Å². The van der Waals surface area contributed by atoms with Gasteiger partial charge in [-0.15, -0.1) is 0 Å². The third-order valence-corrected chi connectivity index (χ3v) is 3.95. The van der Waals surface area contributed by atoms with Crippen LogP contribution in [0, 0.1) is 0 Å². The molecule has 1 aliphatic heterocycles. The minimum absolute atomic E-state index is 0.291. The van der Waals surface area contributed by atoms with Gasteiger partial charge in [0.05, 0.1) is 25.5 Å². The zero-order chi connectivity index (χ0) is 17.9. The smallest absolute Gasteiger partial charge is 0.355 e. The van der Waals surface area contributed by atoms with Gasteiger partial charge in [0.25, 0.3) is 0 Å². The number of hydrogen-bond acceptors (Lipinski definition) is 6. The molecule has 0 aromatic rings. The van der Waals surface area contributed by atoms with Crippen LogP contribution in [0.2, 0.25) is 0 Å². The molecule has 0 bridgehead atoms. The summed E-state index contributed by atoms with van der Waals surface area (Å²) < 4.78 is 10.4. The molecule has 1 rings (SSSR count). The van der Waals surface area contributed by atoms with Crippen molar-refractivity contribution >= 4 is 11.9 Å². The van der Waals surface area contributed by atoms with Crippen LogP contribution in [0.25, 0.3) is 0 Å². The molecule has 0 saturated heterocycles. The van der Waals surface area contributed by atoms with Gasteiger partial charge < -0.3 is 14.4 Å². The molecule has 6 heteroatoms. The van der Waals surface area contributed by atoms with E-state index in [4.69, 9.17) is 9.47 Å². The highest BCUT2D eigenvalue weighted by Crippen LogP contribution is 2.23. The van der Waals surface area contributed by atoms with Crippen molar-refractivity contribution in [3.05, 3.63) is 11.3 Å². The summed E-state index contributed by atoms with van der Waals surface area (Å²) in [4.78, 5) is 29.1. The molecule has 0 aromatic heterocycles. The number of carbonyl (C=O) groups excluding carboxylic acids is 2. The molecule has 138 valence electrons. The molecular formula is C18H32N2O4. The van der Waals surface area contributed by atoms with Crippen molar-refractivity contribution in [1.82, 2.24) is 9.80 Å². The van der Waals surface area contributed by atoms with Crippen molar-refractivity contribution < 1.29 is 19.1 Å². The number of nitrogens with zero attached hydrogens (tertiary/aromatic N) is 2. The van der Waals surface area contributed by atoms with E-state index < -0.39 is 11.9 Å². The van der Waals surface area contributed by atoms with Crippen molar-refractivity contribution in [3.8, 4) is 0 Å². The number of carbonyl (C=O) groups is 2. The molecule has 24 heavy (non-hydrogen) atoms. The molecule has 1 heterocycles. The van der Waals surface area contributed by atoms with Crippen molar-refractivity contribution in [2.24, 2.45) is 0 Å². The van der Waals surface area contributed by atoms with Crippen molar-refractivity contribution in [1.29, 1.82) is 0 Å². The standard InChI is InChI=1S/C18H32N2O4/c1-5-9-11-19-13-15(17(21)23-7-3)16(18(22)24-8-4)20(14-19)12-10-6-2/h5-14H2,1-4H3. The van der Waals surface area contributed by atoms with Gasteiger partial charge in [-0.25, -0.2) is 9.59 Å². The molecular weight excluding hydrogens is 308 g/mol. The third kappa shape index (κ3) is 5.82. The Balaban J connectivity index is 3.14. The molecule has 0 spiro atoms. The molecule has 0 saturated carbocycles. The quantitative estimate of drug-likeness (QED) is 0.570. The first-order valence-electron chi connectivity index (χ1n) is 9.13. The Labute approximate surface area is 145 Å². The Bertz CT molecular complexity index is 448. The van der Waals surface area contributed by atoms with Crippen LogP contribution >= 0.6 is 0 Å². The first-order valence-corrected chi connectivity index (χ1v) is 9.13. The van der Waals surface area contributed by atoms with Gasteiger partial charge in [-0.1, -0.05) is 26.7 Å². The lowest BCUT2D eigenvalue weighted by Crippen LogP contribution is -2.48. The highest BCUT2D eigenvalue weighted by Gasteiger charge is 2.34. The second kappa shape index (κ2) is 11.1. The van der Waals surface area contributed by atoms with Gasteiger partial charge in [0.2, 0.25) is 0 Å². The van der Waals surface area contributed by atoms with Gasteiger partial charge in [-0.3, -0.25) is 4.90 Å². The van der Waals surface area contributed by atoms with Crippen LogP contribution in [0.5, 0.6) is 0 Å². The van der Waals surface area contributed by atoms with Crippen LogP contribution in [0.4, 0.5) is 0 Å². The predicted molar refractivity (Wildman–Crippen MR) is 93.3 cm³/mol. The molecule has 0 aromatic carbocycles. The van der Waals surface area contributed by atoms with E-state index in [1.807, 2.05) is 4.90 Å². The number of unbranched alkanes of at least 4 members (excludes halogenated alkanes) is 2. The molecule has 1 aliphatic rings. The second-order valence-electron chi connectivity index (χ2n) is 5.93. The summed E-state index contributed by atoms with van der Waals surface area (Å²) in [5, 5.41) is 0. The monoisotopic (exact) mass is 340 g/mol. The first-order chi connectivity index (χ1) is 11.6. The third-order valence-electron chi connectivity index (χ3n) is 3.95. The molecule has 0 radical (unpaired) electrons. The highest BCUT2D eigenvalue weighted by atomic mass is 16.5. The lowest BCUT2D eigenvalue weighted by Gasteiger charge is -2.38. The van der Waals surface area contributed by atoms with Gasteiger partial charge >= 0.3 is 11.9 Å². The molecule has 0 amide bonds. The summed E-state index contributed by atoms with van der Waals surface area (Å²) in [6.45, 7) is 11.1. The second-order valence-corrected chi connectivity index (χ2v) is 5.93. The van der Waals surface area contributed by atoms with Crippen LogP contribution in [0.1, 0.15) is 53.4 Å². The summed E-state index contributed by atoms with van der Waals surface area (Å²) in [6, 6.07) is 0. The summed E-state index contributed by atoms with van der Waals surface area (Å²) >= 11 is 0. The van der Waals surface area contributed by atoms with E-state index in [1.54, 1.807) is 13.8 Å². The molecule has 6 nitrogen and oxygen atoms in total. The molecule has 0 unspecified atom stereocenters. The minimum Gasteiger partial charge on any atom is -0.463 e. The Morgan fingerprint density at radius 1 is 0.917 bits per heavy atom. The van der Waals surface area contributed by atoms with Gasteiger partial charge in [0, 0.05) is 19.6 Å². The minimum atomic E-state index is -0.424. The topological polar surface area (TPSA) is 59.1 Å². The Morgan fingerprint density at radius 3 is 2.08 bits per heavy atom. The number of rotatable bonds is 10. The zero-order valence-corrected chi connectivity index (χ0v) is 15.6. The van der Waals surface area contributed by atoms with E-state index in [0.29, 0.717) is 37.7 Å². The molecule has 0 N–H and O–H groups in total. The number of hydrogen-bond donors (Lipinski definition) is 0. The molecule has 0 atom stereocenters. The molecule has 0 aliphatic carbocycles. The average molecular weight is 340 g/mol. The zero-order valence-electron chi connectivity index (χ0n) is 15.6. The van der Waals surface area contributed by atoms with E-state index >= 15 is 0 Å². The van der Waals surface area contributed by atoms with E-state index in [-0.39, 0.29) is 0 Å². The van der Waals surface area contributed by atoms with E-state index in [1.165, 1.54) is 0 Å². The Hall–Kier alpha value is -1.56. The fourth-order valence-corrected chi connectivity index (χ4v) is 2.75. The maximum absolute atomic E-state index is 12.5. The van der Waals surface area contributed by atoms with Gasteiger partial charge in [-0.2, -0.15) is 0 Å². The van der Waals surface area contributed by atoms with Crippen LogP contribution in [0.15, 0.2) is 11.3 Å². The SMILES string of the molecule is CCCCN1CC(C(=O)OCC)=C(C(=O)OCC)N(CCCC)C1. The fourth-order valence-electron chi connectivity index (χ4n) is 2.75. The van der Waals surface area contributed by atoms with Crippen molar-refractivity contribution in [2.45, 2.75) is 53.4 Å². The Morgan fingerprint density at radius 2 is 1.50 bits per heavy atom. The molecule has 0 fully saturated rings. The van der Waals surface area contributed by atoms with E-state index in [9.17, 15) is 9.59 Å². The fraction of sp³-hybridized carbons (Fsp3) is 0.778. The number of esters is 2. The van der Waals surface area contributed by atoms with Crippen molar-refractivity contribution in [2.75, 3.05) is 39.5 Å². The maximum Gasteiger partial charge on any atom is 0.355 e. The first kappa shape index (κ1) is 20.5. The summed E-state index contributed by atoms with van der Waals surface area (Å²) in [5.41, 5.74) is 0.810. The summed E-state index contributed by atoms with van der Waals surface area (Å²) in [5.74, 6) is -0.838. The van der Waals surface area contributed by atoms with Gasteiger partial charge in [0.15, 0.2) is 0 Å². The van der Waals surface area contributed by atoms with Gasteiger partial charge in [0.1, 0.15) is 5.70 Å². The Kier molecular flexibility index (Phi) is 9.45. The number of ether oxygens (including phenoxy) is 2. The van der Waals surface area contributed by atoms with E-state index in [2.05, 4.69) is 18.7 Å². The van der Waals surface area contributed by atoms with Crippen LogP contribution in [-0.2, 0) is 19.1 Å². The highest BCUT2D eigenvalue weighted by molar-refractivity contribution is 6.00. The van der Waals surface area contributed by atoms with Crippen LogP contribution in [-0.4, -0.2) is 61.3 Å².